The molecular formula is C19H20N2O5. The van der Waals surface area contributed by atoms with Gasteiger partial charge >= 0.3 is 5.97 Å². The van der Waals surface area contributed by atoms with E-state index in [1.54, 1.807) is 6.07 Å². The number of aromatic nitrogens is 1. The number of aromatic carboxylic acids is 1. The van der Waals surface area contributed by atoms with Gasteiger partial charge in [0.25, 0.3) is 5.91 Å². The number of carbonyl (C=O) groups excluding carboxylic acids is 1. The molecule has 1 aliphatic heterocycles. The van der Waals surface area contributed by atoms with Crippen molar-refractivity contribution in [2.24, 2.45) is 0 Å². The summed E-state index contributed by atoms with van der Waals surface area (Å²) < 4.78 is 11.4. The number of benzene rings is 1. The molecule has 1 fully saturated rings. The van der Waals surface area contributed by atoms with Crippen LogP contribution in [0.5, 0.6) is 5.75 Å². The summed E-state index contributed by atoms with van der Waals surface area (Å²) in [6.07, 6.45) is 3.35. The van der Waals surface area contributed by atoms with Crippen molar-refractivity contribution in [3.8, 4) is 5.75 Å². The molecular weight excluding hydrogens is 336 g/mol. The van der Waals surface area contributed by atoms with E-state index in [4.69, 9.17) is 14.6 Å². The molecule has 3 rings (SSSR count). The average Bonchev–Trinajstić information content (AvgIpc) is 3.15. The maximum absolute atomic E-state index is 12.5. The molecule has 1 aliphatic rings. The summed E-state index contributed by atoms with van der Waals surface area (Å²) in [5, 5.41) is 11.8. The molecule has 7 heteroatoms. The Morgan fingerprint density at radius 2 is 2.19 bits per heavy atom. The monoisotopic (exact) mass is 356 g/mol. The van der Waals surface area contributed by atoms with E-state index in [1.165, 1.54) is 18.3 Å². The average molecular weight is 356 g/mol. The summed E-state index contributed by atoms with van der Waals surface area (Å²) >= 11 is 0. The zero-order valence-corrected chi connectivity index (χ0v) is 14.4. The van der Waals surface area contributed by atoms with Gasteiger partial charge in [-0.25, -0.2) is 9.78 Å². The molecule has 0 bridgehead atoms. The molecule has 1 atom stereocenters. The van der Waals surface area contributed by atoms with Crippen molar-refractivity contribution in [3.05, 3.63) is 53.3 Å². The van der Waals surface area contributed by atoms with Gasteiger partial charge in [-0.05, 0) is 49.6 Å². The molecule has 0 saturated carbocycles. The van der Waals surface area contributed by atoms with Crippen LogP contribution in [0.15, 0.2) is 36.5 Å². The highest BCUT2D eigenvalue weighted by atomic mass is 16.5. The Labute approximate surface area is 151 Å². The first-order valence-electron chi connectivity index (χ1n) is 8.38. The first kappa shape index (κ1) is 17.9. The van der Waals surface area contributed by atoms with Gasteiger partial charge in [0.15, 0.2) is 0 Å². The zero-order valence-electron chi connectivity index (χ0n) is 14.4. The summed E-state index contributed by atoms with van der Waals surface area (Å²) in [6, 6.07) is 8.17. The van der Waals surface area contributed by atoms with Crippen LogP contribution in [0.25, 0.3) is 0 Å². The summed E-state index contributed by atoms with van der Waals surface area (Å²) in [7, 11) is 0. The molecule has 1 aromatic heterocycles. The number of nitrogens with one attached hydrogen (secondary N) is 1. The van der Waals surface area contributed by atoms with Crippen LogP contribution in [0.1, 0.15) is 39.3 Å². The predicted octanol–water partition coefficient (Wildman–Crippen LogP) is 2.90. The van der Waals surface area contributed by atoms with Crippen LogP contribution in [0.4, 0.5) is 5.69 Å². The minimum absolute atomic E-state index is 0.0670. The van der Waals surface area contributed by atoms with Crippen molar-refractivity contribution in [2.75, 3.05) is 18.5 Å². The van der Waals surface area contributed by atoms with Crippen LogP contribution >= 0.6 is 0 Å². The van der Waals surface area contributed by atoms with E-state index in [1.807, 2.05) is 19.1 Å². The fourth-order valence-corrected chi connectivity index (χ4v) is 2.69. The van der Waals surface area contributed by atoms with Gasteiger partial charge in [-0.3, -0.25) is 4.79 Å². The second-order valence-electron chi connectivity index (χ2n) is 6.13. The number of hydrogen-bond acceptors (Lipinski definition) is 5. The molecule has 1 aromatic carbocycles. The fraction of sp³-hybridized carbons (Fsp3) is 0.316. The number of rotatable bonds is 6. The van der Waals surface area contributed by atoms with Crippen LogP contribution in [-0.4, -0.2) is 41.3 Å². The minimum Gasteiger partial charge on any atom is -0.489 e. The number of amides is 1. The molecule has 0 radical (unpaired) electrons. The van der Waals surface area contributed by atoms with Crippen LogP contribution in [0, 0.1) is 6.92 Å². The first-order chi connectivity index (χ1) is 12.5. The maximum Gasteiger partial charge on any atom is 0.354 e. The van der Waals surface area contributed by atoms with E-state index in [-0.39, 0.29) is 17.4 Å². The quantitative estimate of drug-likeness (QED) is 0.826. The van der Waals surface area contributed by atoms with Gasteiger partial charge in [0, 0.05) is 18.4 Å². The Kier molecular flexibility index (Phi) is 5.48. The highest BCUT2D eigenvalue weighted by Crippen LogP contribution is 2.27. The van der Waals surface area contributed by atoms with Crippen LogP contribution in [-0.2, 0) is 4.74 Å². The summed E-state index contributed by atoms with van der Waals surface area (Å²) in [6.45, 7) is 3.11. The first-order valence-corrected chi connectivity index (χ1v) is 8.38. The third-order valence-electron chi connectivity index (χ3n) is 4.08. The predicted molar refractivity (Wildman–Crippen MR) is 94.8 cm³/mol. The van der Waals surface area contributed by atoms with Gasteiger partial charge in [0.2, 0.25) is 0 Å². The van der Waals surface area contributed by atoms with Gasteiger partial charge in [0.05, 0.1) is 11.8 Å². The lowest BCUT2D eigenvalue weighted by Crippen LogP contribution is -2.18. The lowest BCUT2D eigenvalue weighted by molar-refractivity contribution is 0.0681. The lowest BCUT2D eigenvalue weighted by Gasteiger charge is -2.16. The van der Waals surface area contributed by atoms with Crippen molar-refractivity contribution in [3.63, 3.8) is 0 Å². The largest absolute Gasteiger partial charge is 0.489 e. The normalized spacial score (nSPS) is 16.3. The number of ether oxygens (including phenoxy) is 2. The van der Waals surface area contributed by atoms with Crippen molar-refractivity contribution < 1.29 is 24.2 Å². The van der Waals surface area contributed by atoms with E-state index in [0.29, 0.717) is 18.0 Å². The third-order valence-corrected chi connectivity index (χ3v) is 4.08. The van der Waals surface area contributed by atoms with E-state index < -0.39 is 11.9 Å². The minimum atomic E-state index is -1.18. The van der Waals surface area contributed by atoms with Crippen molar-refractivity contribution in [1.29, 1.82) is 0 Å². The van der Waals surface area contributed by atoms with E-state index in [0.717, 1.165) is 25.0 Å². The zero-order chi connectivity index (χ0) is 18.5. The van der Waals surface area contributed by atoms with E-state index in [9.17, 15) is 9.59 Å². The number of carboxylic acid groups (broad SMARTS) is 1. The highest BCUT2D eigenvalue weighted by molar-refractivity contribution is 6.05. The SMILES string of the molecule is Cc1ccc(NC(=O)c2ccnc(C(=O)O)c2)c(OCC2CCCO2)c1. The van der Waals surface area contributed by atoms with Crippen LogP contribution < -0.4 is 10.1 Å². The molecule has 136 valence electrons. The molecule has 2 heterocycles. The Morgan fingerprint density at radius 1 is 1.35 bits per heavy atom. The number of aryl methyl sites for hydroxylation is 1. The van der Waals surface area contributed by atoms with Gasteiger partial charge in [-0.15, -0.1) is 0 Å². The lowest BCUT2D eigenvalue weighted by atomic mass is 10.1. The van der Waals surface area contributed by atoms with E-state index in [2.05, 4.69) is 10.3 Å². The van der Waals surface area contributed by atoms with Gasteiger partial charge < -0.3 is 19.9 Å². The van der Waals surface area contributed by atoms with E-state index >= 15 is 0 Å². The molecule has 1 saturated heterocycles. The number of hydrogen-bond donors (Lipinski definition) is 2. The fourth-order valence-electron chi connectivity index (χ4n) is 2.69. The standard InChI is InChI=1S/C19H20N2O5/c1-12-4-5-15(17(9-12)26-11-14-3-2-8-25-14)21-18(22)13-6-7-20-16(10-13)19(23)24/h4-7,9-10,14H,2-3,8,11H2,1H3,(H,21,22)(H,23,24). The maximum atomic E-state index is 12.5. The van der Waals surface area contributed by atoms with Gasteiger partial charge in [-0.1, -0.05) is 6.07 Å². The number of anilines is 1. The molecule has 26 heavy (non-hydrogen) atoms. The molecule has 0 aliphatic carbocycles. The van der Waals surface area contributed by atoms with Crippen molar-refractivity contribution in [1.82, 2.24) is 4.98 Å². The molecule has 7 nitrogen and oxygen atoms in total. The molecule has 2 N–H and O–H groups in total. The van der Waals surface area contributed by atoms with Crippen molar-refractivity contribution >= 4 is 17.6 Å². The number of carbonyl (C=O) groups is 2. The topological polar surface area (TPSA) is 97.8 Å². The second-order valence-corrected chi connectivity index (χ2v) is 6.13. The number of nitrogens with zero attached hydrogens (tertiary/aromatic N) is 1. The highest BCUT2D eigenvalue weighted by Gasteiger charge is 2.18. The summed E-state index contributed by atoms with van der Waals surface area (Å²) in [5.74, 6) is -1.06. The van der Waals surface area contributed by atoms with Gasteiger partial charge in [-0.2, -0.15) is 0 Å². The Bertz CT molecular complexity index is 815. The summed E-state index contributed by atoms with van der Waals surface area (Å²) in [4.78, 5) is 27.2. The third kappa shape index (κ3) is 4.37. The molecule has 0 spiro atoms. The number of pyridine rings is 1. The molecule has 2 aromatic rings. The van der Waals surface area contributed by atoms with Crippen molar-refractivity contribution in [2.45, 2.75) is 25.9 Å². The molecule has 1 amide bonds. The smallest absolute Gasteiger partial charge is 0.354 e. The number of carboxylic acids is 1. The Morgan fingerprint density at radius 3 is 2.92 bits per heavy atom. The molecule has 1 unspecified atom stereocenters. The Balaban J connectivity index is 1.74. The Hall–Kier alpha value is -2.93. The summed E-state index contributed by atoms with van der Waals surface area (Å²) in [5.41, 5.74) is 1.55. The second kappa shape index (κ2) is 7.97. The van der Waals surface area contributed by atoms with Gasteiger partial charge in [0.1, 0.15) is 18.1 Å². The van der Waals surface area contributed by atoms with Crippen LogP contribution in [0.2, 0.25) is 0 Å². The van der Waals surface area contributed by atoms with Crippen LogP contribution in [0.3, 0.4) is 0 Å².